The van der Waals surface area contributed by atoms with E-state index in [0.29, 0.717) is 19.8 Å². The van der Waals surface area contributed by atoms with Crippen LogP contribution in [0.25, 0.3) is 0 Å². The third-order valence-electron chi connectivity index (χ3n) is 9.66. The molecule has 0 aliphatic carbocycles. The summed E-state index contributed by atoms with van der Waals surface area (Å²) in [6.45, 7) is 1.34. The Morgan fingerprint density at radius 1 is 0.426 bits per heavy atom. The van der Waals surface area contributed by atoms with E-state index in [4.69, 9.17) is 47.4 Å². The third-order valence-corrected chi connectivity index (χ3v) is 9.66. The van der Waals surface area contributed by atoms with Gasteiger partial charge in [-0.15, -0.1) is 0 Å². The fraction of sp³-hybridized carbons (Fsp3) is 0.442. The first-order chi connectivity index (χ1) is 26.6. The molecule has 0 radical (unpaired) electrons. The van der Waals surface area contributed by atoms with Crippen molar-refractivity contribution in [2.45, 2.75) is 87.8 Å². The lowest BCUT2D eigenvalue weighted by atomic mass is 9.97. The topological polar surface area (TPSA) is 113 Å². The minimum atomic E-state index is -1.09. The van der Waals surface area contributed by atoms with Crippen LogP contribution in [0.15, 0.2) is 121 Å². The van der Waals surface area contributed by atoms with E-state index in [1.165, 1.54) is 21.3 Å². The molecule has 4 aromatic rings. The molecule has 6 rings (SSSR count). The number of aliphatic hydroxyl groups is 1. The molecule has 0 saturated carbocycles. The number of methoxy groups -OCH3 is 3. The number of hydrogen-bond donors (Lipinski definition) is 1. The molecule has 290 valence electrons. The highest BCUT2D eigenvalue weighted by Gasteiger charge is 2.51. The summed E-state index contributed by atoms with van der Waals surface area (Å²) in [6, 6.07) is 39.8. The summed E-state index contributed by atoms with van der Waals surface area (Å²) in [4.78, 5) is 0. The Bertz CT molecular complexity index is 1600. The lowest BCUT2D eigenvalue weighted by Gasteiger charge is -2.47. The van der Waals surface area contributed by atoms with E-state index in [1.807, 2.05) is 121 Å². The average Bonchev–Trinajstić information content (AvgIpc) is 3.22. The maximum atomic E-state index is 11.3. The number of hydrogen-bond acceptors (Lipinski definition) is 11. The van der Waals surface area contributed by atoms with Crippen molar-refractivity contribution in [2.24, 2.45) is 0 Å². The first-order valence-electron chi connectivity index (χ1n) is 18.3. The zero-order chi connectivity index (χ0) is 37.5. The first-order valence-corrected chi connectivity index (χ1v) is 18.3. The van der Waals surface area contributed by atoms with E-state index >= 15 is 0 Å². The molecule has 11 nitrogen and oxygen atoms in total. The minimum absolute atomic E-state index is 0.0777. The fourth-order valence-electron chi connectivity index (χ4n) is 6.81. The Hall–Kier alpha value is -3.56. The van der Waals surface area contributed by atoms with Gasteiger partial charge in [-0.25, -0.2) is 0 Å². The second-order valence-corrected chi connectivity index (χ2v) is 13.3. The maximum absolute atomic E-state index is 11.3. The van der Waals surface area contributed by atoms with Crippen molar-refractivity contribution in [1.29, 1.82) is 0 Å². The fourth-order valence-corrected chi connectivity index (χ4v) is 6.81. The van der Waals surface area contributed by atoms with Gasteiger partial charge < -0.3 is 52.5 Å². The maximum Gasteiger partial charge on any atom is 0.187 e. The lowest BCUT2D eigenvalue weighted by molar-refractivity contribution is -0.345. The normalized spacial score (nSPS) is 28.5. The molecular weight excluding hydrogens is 692 g/mol. The molecule has 4 aromatic carbocycles. The van der Waals surface area contributed by atoms with Crippen molar-refractivity contribution in [2.75, 3.05) is 34.5 Å². The molecule has 0 spiro atoms. The monoisotopic (exact) mass is 744 g/mol. The Morgan fingerprint density at radius 3 is 1.35 bits per heavy atom. The molecule has 10 atom stereocenters. The van der Waals surface area contributed by atoms with Gasteiger partial charge in [0.2, 0.25) is 0 Å². The van der Waals surface area contributed by atoms with Crippen LogP contribution in [0.2, 0.25) is 0 Å². The van der Waals surface area contributed by atoms with Crippen LogP contribution in [0.5, 0.6) is 0 Å². The molecule has 2 aliphatic heterocycles. The quantitative estimate of drug-likeness (QED) is 0.132. The van der Waals surface area contributed by atoms with Crippen LogP contribution in [0, 0.1) is 0 Å². The largest absolute Gasteiger partial charge is 0.387 e. The smallest absolute Gasteiger partial charge is 0.187 e. The molecular formula is C43H52O11. The van der Waals surface area contributed by atoms with Gasteiger partial charge in [0.25, 0.3) is 0 Å². The third kappa shape index (κ3) is 10.8. The predicted octanol–water partition coefficient (Wildman–Crippen LogP) is 5.46. The summed E-state index contributed by atoms with van der Waals surface area (Å²) in [5.41, 5.74) is 3.99. The van der Waals surface area contributed by atoms with Crippen molar-refractivity contribution >= 4 is 0 Å². The average molecular weight is 745 g/mol. The van der Waals surface area contributed by atoms with Crippen LogP contribution in [0.1, 0.15) is 22.3 Å². The summed E-state index contributed by atoms with van der Waals surface area (Å²) in [7, 11) is 4.55. The molecule has 0 unspecified atom stereocenters. The van der Waals surface area contributed by atoms with E-state index < -0.39 is 61.4 Å². The highest BCUT2D eigenvalue weighted by Crippen LogP contribution is 2.33. The van der Waals surface area contributed by atoms with Gasteiger partial charge in [-0.3, -0.25) is 0 Å². The van der Waals surface area contributed by atoms with Gasteiger partial charge in [0.1, 0.15) is 48.8 Å². The molecule has 54 heavy (non-hydrogen) atoms. The molecule has 0 bridgehead atoms. The van der Waals surface area contributed by atoms with Crippen LogP contribution in [0.4, 0.5) is 0 Å². The molecule has 2 aliphatic rings. The minimum Gasteiger partial charge on any atom is -0.387 e. The molecule has 2 fully saturated rings. The Labute approximate surface area is 317 Å². The standard InChI is InChI=1S/C43H52O11/c1-45-38-36(44)34(53-42(47-3)40(38)46-2)29-52-43-41(51-27-33-22-14-7-15-23-33)39(50-26-32-20-12-6-13-21-32)37(49-25-31-18-10-5-11-19-31)35(54-43)28-48-24-30-16-8-4-9-17-30/h4-23,34-44H,24-29H2,1-3H3/t34-,35-,36-,37+,38+,39+,40-,41-,42+,43-/m1/s1. The number of rotatable bonds is 19. The van der Waals surface area contributed by atoms with E-state index in [0.717, 1.165) is 22.3 Å². The lowest BCUT2D eigenvalue weighted by Crippen LogP contribution is -2.63. The summed E-state index contributed by atoms with van der Waals surface area (Å²) in [6.07, 6.45) is -7.78. The van der Waals surface area contributed by atoms with Crippen LogP contribution in [0.3, 0.4) is 0 Å². The second-order valence-electron chi connectivity index (χ2n) is 13.3. The van der Waals surface area contributed by atoms with Crippen molar-refractivity contribution in [3.8, 4) is 0 Å². The molecule has 1 N–H and O–H groups in total. The second kappa shape index (κ2) is 20.9. The molecule has 11 heteroatoms. The predicted molar refractivity (Wildman–Crippen MR) is 199 cm³/mol. The van der Waals surface area contributed by atoms with Crippen molar-refractivity contribution in [1.82, 2.24) is 0 Å². The summed E-state index contributed by atoms with van der Waals surface area (Å²) < 4.78 is 62.8. The summed E-state index contributed by atoms with van der Waals surface area (Å²) >= 11 is 0. The van der Waals surface area contributed by atoms with Crippen molar-refractivity contribution in [3.63, 3.8) is 0 Å². The van der Waals surface area contributed by atoms with E-state index in [2.05, 4.69) is 0 Å². The van der Waals surface area contributed by atoms with Gasteiger partial charge >= 0.3 is 0 Å². The molecule has 2 saturated heterocycles. The molecule has 0 aromatic heterocycles. The first kappa shape index (κ1) is 40.1. The van der Waals surface area contributed by atoms with E-state index in [9.17, 15) is 5.11 Å². The van der Waals surface area contributed by atoms with Crippen LogP contribution < -0.4 is 0 Å². The van der Waals surface area contributed by atoms with Gasteiger partial charge in [0.05, 0.1) is 39.6 Å². The van der Waals surface area contributed by atoms with E-state index in [1.54, 1.807) is 0 Å². The van der Waals surface area contributed by atoms with Crippen LogP contribution in [-0.2, 0) is 73.8 Å². The zero-order valence-corrected chi connectivity index (χ0v) is 31.1. The Morgan fingerprint density at radius 2 is 0.870 bits per heavy atom. The number of benzene rings is 4. The van der Waals surface area contributed by atoms with Crippen LogP contribution in [-0.4, -0.2) is 101 Å². The van der Waals surface area contributed by atoms with E-state index in [-0.39, 0.29) is 19.8 Å². The highest BCUT2D eigenvalue weighted by atomic mass is 16.7. The van der Waals surface area contributed by atoms with Crippen molar-refractivity contribution in [3.05, 3.63) is 144 Å². The Kier molecular flexibility index (Phi) is 15.6. The molecule has 0 amide bonds. The van der Waals surface area contributed by atoms with Gasteiger partial charge in [-0.1, -0.05) is 121 Å². The number of ether oxygens (including phenoxy) is 10. The van der Waals surface area contributed by atoms with Gasteiger partial charge in [0, 0.05) is 21.3 Å². The van der Waals surface area contributed by atoms with Gasteiger partial charge in [-0.2, -0.15) is 0 Å². The summed E-state index contributed by atoms with van der Waals surface area (Å²) in [5.74, 6) is 0. The van der Waals surface area contributed by atoms with Gasteiger partial charge in [0.15, 0.2) is 12.6 Å². The van der Waals surface area contributed by atoms with Gasteiger partial charge in [-0.05, 0) is 22.3 Å². The van der Waals surface area contributed by atoms with Crippen molar-refractivity contribution < 1.29 is 52.5 Å². The highest BCUT2D eigenvalue weighted by molar-refractivity contribution is 5.16. The zero-order valence-electron chi connectivity index (χ0n) is 31.1. The molecule has 2 heterocycles. The number of aliphatic hydroxyl groups excluding tert-OH is 1. The Balaban J connectivity index is 1.30. The SMILES string of the molecule is CO[C@H]1O[C@H](CO[C@@H]2O[C@H](COCc3ccccc3)[C@H](OCc3ccccc3)[C@H](OCc3ccccc3)[C@H]2OCc2ccccc2)[C@@H](O)[C@H](OC)[C@H]1OC. The van der Waals surface area contributed by atoms with Crippen LogP contribution >= 0.6 is 0 Å². The summed E-state index contributed by atoms with van der Waals surface area (Å²) in [5, 5.41) is 11.3.